The molecule has 2 fully saturated rings. The van der Waals surface area contributed by atoms with Gasteiger partial charge >= 0.3 is 0 Å². The number of benzene rings is 1. The lowest BCUT2D eigenvalue weighted by Gasteiger charge is -2.25. The van der Waals surface area contributed by atoms with Gasteiger partial charge in [0, 0.05) is 23.9 Å². The molecule has 23 heavy (non-hydrogen) atoms. The van der Waals surface area contributed by atoms with Crippen molar-refractivity contribution >= 4 is 28.8 Å². The van der Waals surface area contributed by atoms with E-state index in [1.54, 1.807) is 22.3 Å². The Hall–Kier alpha value is -2.21. The average molecular weight is 330 g/mol. The second-order valence-electron chi connectivity index (χ2n) is 5.88. The Bertz CT molecular complexity index is 762. The topological polar surface area (TPSA) is 40.6 Å². The Balaban J connectivity index is 1.60. The Morgan fingerprint density at radius 1 is 1.26 bits per heavy atom. The summed E-state index contributed by atoms with van der Waals surface area (Å²) in [6.45, 7) is 0.596. The number of hydrogen-bond acceptors (Lipinski definition) is 3. The van der Waals surface area contributed by atoms with Gasteiger partial charge in [0.25, 0.3) is 5.91 Å². The van der Waals surface area contributed by atoms with Gasteiger partial charge in [-0.05, 0) is 36.1 Å². The number of carbonyl (C=O) groups is 2. The number of likely N-dealkylation sites (tertiary alicyclic amines) is 1. The molecular formula is C17H15FN2O2S. The van der Waals surface area contributed by atoms with Crippen molar-refractivity contribution in [3.8, 4) is 0 Å². The van der Waals surface area contributed by atoms with Crippen LogP contribution in [0.4, 0.5) is 10.1 Å². The van der Waals surface area contributed by atoms with Crippen LogP contribution in [0.15, 0.2) is 41.1 Å². The molecule has 118 valence electrons. The van der Waals surface area contributed by atoms with Crippen LogP contribution in [0.25, 0.3) is 0 Å². The van der Waals surface area contributed by atoms with Gasteiger partial charge in [0.15, 0.2) is 0 Å². The fraction of sp³-hybridized carbons (Fsp3) is 0.294. The number of rotatable bonds is 2. The number of carbonyl (C=O) groups excluding carboxylic acids is 2. The van der Waals surface area contributed by atoms with Crippen molar-refractivity contribution in [3.05, 3.63) is 52.5 Å². The van der Waals surface area contributed by atoms with E-state index in [4.69, 9.17) is 0 Å². The predicted molar refractivity (Wildman–Crippen MR) is 86.1 cm³/mol. The molecule has 0 N–H and O–H groups in total. The maximum Gasteiger partial charge on any atom is 0.254 e. The van der Waals surface area contributed by atoms with Crippen molar-refractivity contribution < 1.29 is 14.0 Å². The first kappa shape index (κ1) is 14.4. The van der Waals surface area contributed by atoms with E-state index in [9.17, 15) is 14.0 Å². The van der Waals surface area contributed by atoms with E-state index in [0.29, 0.717) is 18.5 Å². The highest BCUT2D eigenvalue weighted by Gasteiger charge is 2.49. The molecule has 0 bridgehead atoms. The monoisotopic (exact) mass is 330 g/mol. The van der Waals surface area contributed by atoms with E-state index in [-0.39, 0.29) is 23.9 Å². The molecule has 3 heterocycles. The summed E-state index contributed by atoms with van der Waals surface area (Å²) in [5.74, 6) is -0.568. The average Bonchev–Trinajstić information content (AvgIpc) is 3.23. The number of hydrogen-bond donors (Lipinski definition) is 0. The summed E-state index contributed by atoms with van der Waals surface area (Å²) in [4.78, 5) is 28.6. The second-order valence-corrected chi connectivity index (χ2v) is 6.66. The minimum absolute atomic E-state index is 0.0228. The van der Waals surface area contributed by atoms with Gasteiger partial charge in [-0.2, -0.15) is 11.3 Å². The quantitative estimate of drug-likeness (QED) is 0.849. The van der Waals surface area contributed by atoms with Crippen molar-refractivity contribution in [1.29, 1.82) is 0 Å². The van der Waals surface area contributed by atoms with Gasteiger partial charge in [0.2, 0.25) is 5.91 Å². The third kappa shape index (κ3) is 2.34. The fourth-order valence-corrected chi connectivity index (χ4v) is 4.24. The first-order valence-corrected chi connectivity index (χ1v) is 8.50. The van der Waals surface area contributed by atoms with Crippen molar-refractivity contribution in [3.63, 3.8) is 0 Å². The van der Waals surface area contributed by atoms with E-state index in [2.05, 4.69) is 0 Å². The largest absolute Gasteiger partial charge is 0.333 e. The van der Waals surface area contributed by atoms with Crippen molar-refractivity contribution in [2.24, 2.45) is 0 Å². The van der Waals surface area contributed by atoms with Crippen molar-refractivity contribution in [1.82, 2.24) is 4.90 Å². The Labute approximate surface area is 137 Å². The molecule has 2 aliphatic rings. The fourth-order valence-electron chi connectivity index (χ4n) is 3.62. The molecule has 2 amide bonds. The van der Waals surface area contributed by atoms with Crippen LogP contribution in [0, 0.1) is 5.82 Å². The lowest BCUT2D eigenvalue weighted by atomic mass is 10.1. The molecule has 0 aliphatic carbocycles. The zero-order chi connectivity index (χ0) is 16.0. The molecule has 1 aromatic carbocycles. The smallest absolute Gasteiger partial charge is 0.254 e. The van der Waals surface area contributed by atoms with Crippen LogP contribution in [0.5, 0.6) is 0 Å². The third-order valence-electron chi connectivity index (χ3n) is 4.61. The zero-order valence-corrected chi connectivity index (χ0v) is 13.1. The molecule has 0 saturated carbocycles. The molecule has 1 aromatic heterocycles. The summed E-state index contributed by atoms with van der Waals surface area (Å²) in [5, 5.41) is 3.90. The number of halogens is 1. The maximum atomic E-state index is 13.4. The molecular weight excluding hydrogens is 315 g/mol. The van der Waals surface area contributed by atoms with E-state index < -0.39 is 5.82 Å². The van der Waals surface area contributed by atoms with Crippen molar-refractivity contribution in [2.75, 3.05) is 11.4 Å². The minimum atomic E-state index is -0.422. The summed E-state index contributed by atoms with van der Waals surface area (Å²) in [6, 6.07) is 7.55. The molecule has 6 heteroatoms. The normalized spacial score (nSPS) is 23.4. The molecule has 2 aliphatic heterocycles. The molecule has 4 nitrogen and oxygen atoms in total. The van der Waals surface area contributed by atoms with Crippen LogP contribution in [-0.2, 0) is 4.79 Å². The van der Waals surface area contributed by atoms with E-state index >= 15 is 0 Å². The summed E-state index contributed by atoms with van der Waals surface area (Å²) < 4.78 is 13.4. The highest BCUT2D eigenvalue weighted by Crippen LogP contribution is 2.37. The summed E-state index contributed by atoms with van der Waals surface area (Å²) >= 11 is 1.55. The first-order chi connectivity index (χ1) is 11.1. The van der Waals surface area contributed by atoms with E-state index in [0.717, 1.165) is 12.1 Å². The highest BCUT2D eigenvalue weighted by atomic mass is 32.1. The van der Waals surface area contributed by atoms with Crippen LogP contribution >= 0.6 is 11.3 Å². The van der Waals surface area contributed by atoms with Gasteiger partial charge < -0.3 is 9.80 Å². The van der Waals surface area contributed by atoms with Crippen LogP contribution in [0.3, 0.4) is 0 Å². The number of anilines is 1. The van der Waals surface area contributed by atoms with Crippen LogP contribution in [-0.4, -0.2) is 35.3 Å². The van der Waals surface area contributed by atoms with Crippen LogP contribution in [0.2, 0.25) is 0 Å². The van der Waals surface area contributed by atoms with Gasteiger partial charge in [0.1, 0.15) is 5.82 Å². The molecule has 4 rings (SSSR count). The second kappa shape index (κ2) is 5.45. The predicted octanol–water partition coefficient (Wildman–Crippen LogP) is 2.91. The molecule has 2 saturated heterocycles. The van der Waals surface area contributed by atoms with Crippen LogP contribution in [0.1, 0.15) is 23.2 Å². The van der Waals surface area contributed by atoms with Gasteiger partial charge in [-0.1, -0.05) is 6.07 Å². The minimum Gasteiger partial charge on any atom is -0.333 e. The zero-order valence-electron chi connectivity index (χ0n) is 12.3. The Morgan fingerprint density at radius 2 is 2.13 bits per heavy atom. The van der Waals surface area contributed by atoms with Gasteiger partial charge in [0.05, 0.1) is 17.8 Å². The van der Waals surface area contributed by atoms with Gasteiger partial charge in [-0.15, -0.1) is 0 Å². The Kier molecular flexibility index (Phi) is 3.41. The van der Waals surface area contributed by atoms with Gasteiger partial charge in [-0.3, -0.25) is 9.59 Å². The lowest BCUT2D eigenvalue weighted by Crippen LogP contribution is -2.39. The molecule has 0 radical (unpaired) electrons. The van der Waals surface area contributed by atoms with Crippen molar-refractivity contribution in [2.45, 2.75) is 24.9 Å². The van der Waals surface area contributed by atoms with E-state index in [1.807, 2.05) is 21.7 Å². The number of amides is 2. The standard InChI is InChI=1S/C17H15FN2O2S/c18-12-3-1-2-11(8-12)17(22)19-6-4-14-15(19)9-16(21)20(14)13-5-7-23-10-13/h1-3,5,7-8,10,14-15H,4,6,9H2/t14-,15+/m1/s1. The number of thiophene rings is 1. The van der Waals surface area contributed by atoms with E-state index in [1.165, 1.54) is 18.2 Å². The summed E-state index contributed by atoms with van der Waals surface area (Å²) in [7, 11) is 0. The SMILES string of the molecule is O=C(c1cccc(F)c1)N1CC[C@@H]2[C@@H]1CC(=O)N2c1ccsc1. The first-order valence-electron chi connectivity index (χ1n) is 7.56. The molecule has 2 aromatic rings. The third-order valence-corrected chi connectivity index (χ3v) is 5.28. The molecule has 2 atom stereocenters. The molecule has 0 spiro atoms. The maximum absolute atomic E-state index is 13.4. The van der Waals surface area contributed by atoms with Gasteiger partial charge in [-0.25, -0.2) is 4.39 Å². The summed E-state index contributed by atoms with van der Waals surface area (Å²) in [6.07, 6.45) is 1.09. The molecule has 0 unspecified atom stereocenters. The lowest BCUT2D eigenvalue weighted by molar-refractivity contribution is -0.117. The number of fused-ring (bicyclic) bond motifs is 1. The Morgan fingerprint density at radius 3 is 2.87 bits per heavy atom. The number of nitrogens with zero attached hydrogens (tertiary/aromatic N) is 2. The highest BCUT2D eigenvalue weighted by molar-refractivity contribution is 7.08. The van der Waals surface area contributed by atoms with Crippen LogP contribution < -0.4 is 4.90 Å². The summed E-state index contributed by atoms with van der Waals surface area (Å²) in [5.41, 5.74) is 1.25.